The molecule has 0 aliphatic rings. The van der Waals surface area contributed by atoms with Crippen LogP contribution < -0.4 is 0 Å². The van der Waals surface area contributed by atoms with Crippen LogP contribution in [0, 0.1) is 27.7 Å². The van der Waals surface area contributed by atoms with E-state index in [-0.39, 0.29) is 0 Å². The maximum Gasteiger partial charge on any atom is 0.0541 e. The van der Waals surface area contributed by atoms with Crippen LogP contribution in [0.4, 0.5) is 0 Å². The average molecular weight is 1690 g/mol. The molecular formula is C130H89N3. The molecule has 27 rings (SSSR count). The Hall–Kier alpha value is -17.0. The Kier molecular flexibility index (Phi) is 18.9. The van der Waals surface area contributed by atoms with Gasteiger partial charge in [-0.15, -0.1) is 0 Å². The standard InChI is InChI=1S/C44H31N.2C43H29N/c1-28-26-39-40(27-29(28)2)44(36-19-11-13-30-12-3-4-14-33(30)36)38-18-6-5-17-37(38)43(39)31-22-24-32(25-23-31)45-41-20-9-7-15-34(41)35-16-8-10-21-42(35)45;1-28-22-27-39(32-13-3-2-12-31(28)32)43-37-18-6-4-16-35(37)42(36-17-5-7-19-38(36)43)29-23-25-30(26-24-29)44-40-20-10-8-14-33(40)34-15-9-11-21-41(34)44;1-28-21-26-38-39(27-28)42(36-16-4-5-17-37(36)43(38)35-18-10-12-29-11-2-3-13-32(29)35)30-22-24-31(25-23-30)44-40-19-8-6-14-33(40)34-15-7-9-20-41(34)44/h3-27H,1-2H3;2*2-27H,1H3. The van der Waals surface area contributed by atoms with Crippen LogP contribution in [0.2, 0.25) is 0 Å². The summed E-state index contributed by atoms with van der Waals surface area (Å²) in [6.45, 7) is 8.86. The molecule has 0 saturated heterocycles. The highest BCUT2D eigenvalue weighted by Gasteiger charge is 2.25. The van der Waals surface area contributed by atoms with Gasteiger partial charge in [0.1, 0.15) is 0 Å². The van der Waals surface area contributed by atoms with Crippen molar-refractivity contribution in [1.29, 1.82) is 0 Å². The van der Waals surface area contributed by atoms with Crippen LogP contribution in [0.3, 0.4) is 0 Å². The topological polar surface area (TPSA) is 14.8 Å². The van der Waals surface area contributed by atoms with Crippen molar-refractivity contribution < 1.29 is 0 Å². The molecule has 0 aliphatic heterocycles. The van der Waals surface area contributed by atoms with Gasteiger partial charge in [-0.25, -0.2) is 0 Å². The molecule has 3 aromatic heterocycles. The monoisotopic (exact) mass is 1690 g/mol. The number of rotatable bonds is 9. The molecule has 3 heterocycles. The fourth-order valence-electron chi connectivity index (χ4n) is 22.2. The van der Waals surface area contributed by atoms with Crippen molar-refractivity contribution in [2.45, 2.75) is 27.7 Å². The van der Waals surface area contributed by atoms with Crippen LogP contribution in [0.5, 0.6) is 0 Å². The molecular weight excluding hydrogens is 1600 g/mol. The molecule has 624 valence electrons. The molecule has 0 bridgehead atoms. The third kappa shape index (κ3) is 12.9. The maximum atomic E-state index is 2.41. The Balaban J connectivity index is 0.000000107. The van der Waals surface area contributed by atoms with E-state index in [0.717, 1.165) is 0 Å². The first-order chi connectivity index (χ1) is 65.7. The van der Waals surface area contributed by atoms with Gasteiger partial charge in [0.05, 0.1) is 33.1 Å². The van der Waals surface area contributed by atoms with Crippen molar-refractivity contribution in [1.82, 2.24) is 13.7 Å². The van der Waals surface area contributed by atoms with Gasteiger partial charge >= 0.3 is 0 Å². The summed E-state index contributed by atoms with van der Waals surface area (Å²) in [5, 5.41) is 30.8. The van der Waals surface area contributed by atoms with E-state index >= 15 is 0 Å². The summed E-state index contributed by atoms with van der Waals surface area (Å²) >= 11 is 0. The first-order valence-electron chi connectivity index (χ1n) is 46.3. The summed E-state index contributed by atoms with van der Waals surface area (Å²) < 4.78 is 7.16. The molecule has 0 amide bonds. The lowest BCUT2D eigenvalue weighted by molar-refractivity contribution is 1.18. The second-order valence-electron chi connectivity index (χ2n) is 35.7. The van der Waals surface area contributed by atoms with Crippen molar-refractivity contribution in [2.24, 2.45) is 0 Å². The van der Waals surface area contributed by atoms with Gasteiger partial charge in [0.2, 0.25) is 0 Å². The first-order valence-corrected chi connectivity index (χ1v) is 46.3. The second kappa shape index (κ2) is 32.0. The Labute approximate surface area is 771 Å². The largest absolute Gasteiger partial charge is 0.309 e. The van der Waals surface area contributed by atoms with Crippen LogP contribution in [0.15, 0.2) is 467 Å². The Bertz CT molecular complexity index is 9200. The highest BCUT2D eigenvalue weighted by atomic mass is 15.0. The average Bonchev–Trinajstić information content (AvgIpc) is 1.65. The number of para-hydroxylation sites is 6. The summed E-state index contributed by atoms with van der Waals surface area (Å²) in [5.74, 6) is 0. The SMILES string of the molecule is Cc1cc2c(-c3ccc(-n4c5ccccc5c5ccccc54)cc3)c3ccccc3c(-c3cccc4ccccc34)c2cc1C.Cc1ccc(-c2c3ccccc3c(-c3ccc(-n4c5ccccc5c5ccccc54)cc3)c3ccccc23)c2ccccc12.Cc1ccc2c(-c3cccc4ccccc34)c3ccccc3c(-c3ccc(-n4c5ccccc5c5ccccc54)cc3)c2c1. The highest BCUT2D eigenvalue weighted by Crippen LogP contribution is 2.52. The van der Waals surface area contributed by atoms with Crippen molar-refractivity contribution in [3.8, 4) is 83.8 Å². The Morgan fingerprint density at radius 3 is 0.707 bits per heavy atom. The van der Waals surface area contributed by atoms with Gasteiger partial charge in [-0.05, 0) is 281 Å². The fourth-order valence-corrected chi connectivity index (χ4v) is 22.2. The molecule has 27 aromatic rings. The van der Waals surface area contributed by atoms with Crippen LogP contribution in [0.1, 0.15) is 22.3 Å². The number of nitrogens with zero attached hydrogens (tertiary/aromatic N) is 3. The van der Waals surface area contributed by atoms with Crippen molar-refractivity contribution in [3.63, 3.8) is 0 Å². The number of hydrogen-bond donors (Lipinski definition) is 0. The minimum Gasteiger partial charge on any atom is -0.309 e. The first kappa shape index (κ1) is 78.3. The Morgan fingerprint density at radius 1 is 0.135 bits per heavy atom. The number of aromatic nitrogens is 3. The molecule has 0 aliphatic carbocycles. The summed E-state index contributed by atoms with van der Waals surface area (Å²) in [5.41, 5.74) is 31.4. The summed E-state index contributed by atoms with van der Waals surface area (Å²) in [4.78, 5) is 0. The van der Waals surface area contributed by atoms with Crippen LogP contribution in [0.25, 0.3) is 246 Å². The zero-order chi connectivity index (χ0) is 88.5. The lowest BCUT2D eigenvalue weighted by Gasteiger charge is -2.20. The predicted octanol–water partition coefficient (Wildman–Crippen LogP) is 36.0. The quantitative estimate of drug-likeness (QED) is 0.128. The molecule has 133 heavy (non-hydrogen) atoms. The van der Waals surface area contributed by atoms with Crippen molar-refractivity contribution in [2.75, 3.05) is 0 Å². The van der Waals surface area contributed by atoms with E-state index in [1.807, 2.05) is 0 Å². The van der Waals surface area contributed by atoms with E-state index < -0.39 is 0 Å². The molecule has 0 N–H and O–H groups in total. The van der Waals surface area contributed by atoms with Gasteiger partial charge < -0.3 is 13.7 Å². The molecule has 3 heteroatoms. The third-order valence-corrected chi connectivity index (χ3v) is 28.3. The minimum absolute atomic E-state index is 1.17. The summed E-state index contributed by atoms with van der Waals surface area (Å²) in [7, 11) is 0. The zero-order valence-corrected chi connectivity index (χ0v) is 74.3. The van der Waals surface area contributed by atoms with Crippen molar-refractivity contribution in [3.05, 3.63) is 489 Å². The molecule has 0 atom stereocenters. The molecule has 24 aromatic carbocycles. The number of hydrogen-bond acceptors (Lipinski definition) is 0. The van der Waals surface area contributed by atoms with E-state index in [2.05, 4.69) is 509 Å². The predicted molar refractivity (Wildman–Crippen MR) is 571 cm³/mol. The van der Waals surface area contributed by atoms with Crippen LogP contribution in [-0.4, -0.2) is 13.7 Å². The Morgan fingerprint density at radius 2 is 0.368 bits per heavy atom. The molecule has 3 nitrogen and oxygen atoms in total. The van der Waals surface area contributed by atoms with Gasteiger partial charge in [0.15, 0.2) is 0 Å². The smallest absolute Gasteiger partial charge is 0.0541 e. The van der Waals surface area contributed by atoms with E-state index in [1.54, 1.807) is 0 Å². The van der Waals surface area contributed by atoms with Gasteiger partial charge in [0, 0.05) is 49.4 Å². The molecule has 0 radical (unpaired) electrons. The molecule has 0 saturated carbocycles. The zero-order valence-electron chi connectivity index (χ0n) is 74.3. The summed E-state index contributed by atoms with van der Waals surface area (Å²) in [6, 6.07) is 171. The fraction of sp³-hybridized carbons (Fsp3) is 0.0308. The van der Waals surface area contributed by atoms with Gasteiger partial charge in [-0.1, -0.05) is 400 Å². The van der Waals surface area contributed by atoms with Gasteiger partial charge in [-0.3, -0.25) is 0 Å². The van der Waals surface area contributed by atoms with Gasteiger partial charge in [-0.2, -0.15) is 0 Å². The number of fused-ring (bicyclic) bond motifs is 18. The lowest BCUT2D eigenvalue weighted by Crippen LogP contribution is -1.95. The highest BCUT2D eigenvalue weighted by molar-refractivity contribution is 6.28. The van der Waals surface area contributed by atoms with E-state index in [9.17, 15) is 0 Å². The molecule has 0 spiro atoms. The second-order valence-corrected chi connectivity index (χ2v) is 35.7. The summed E-state index contributed by atoms with van der Waals surface area (Å²) in [6.07, 6.45) is 0. The maximum absolute atomic E-state index is 2.41. The van der Waals surface area contributed by atoms with E-state index in [4.69, 9.17) is 0 Å². The lowest BCUT2D eigenvalue weighted by atomic mass is 9.83. The molecule has 0 fully saturated rings. The minimum atomic E-state index is 1.17. The molecule has 0 unspecified atom stereocenters. The van der Waals surface area contributed by atoms with E-state index in [1.165, 1.54) is 268 Å². The number of aryl methyl sites for hydroxylation is 4. The van der Waals surface area contributed by atoms with E-state index in [0.29, 0.717) is 0 Å². The normalized spacial score (nSPS) is 11.8. The number of benzene rings is 24. The van der Waals surface area contributed by atoms with Gasteiger partial charge in [0.25, 0.3) is 0 Å². The van der Waals surface area contributed by atoms with Crippen molar-refractivity contribution >= 4 is 162 Å². The van der Waals surface area contributed by atoms with Crippen LogP contribution in [-0.2, 0) is 0 Å². The van der Waals surface area contributed by atoms with Crippen LogP contribution >= 0.6 is 0 Å². The third-order valence-electron chi connectivity index (χ3n) is 28.3.